The predicted octanol–water partition coefficient (Wildman–Crippen LogP) is 7.22. The minimum atomic E-state index is -1.08. The monoisotopic (exact) mass is 516 g/mol. The molecule has 8 nitrogen and oxygen atoms in total. The molecule has 0 atom stereocenters. The van der Waals surface area contributed by atoms with Crippen molar-refractivity contribution in [2.24, 2.45) is 0 Å². The zero-order valence-corrected chi connectivity index (χ0v) is 22.2. The van der Waals surface area contributed by atoms with Gasteiger partial charge in [-0.3, -0.25) is 9.78 Å². The van der Waals surface area contributed by atoms with Crippen molar-refractivity contribution in [2.45, 2.75) is 84.8 Å². The van der Waals surface area contributed by atoms with Crippen LogP contribution in [-0.2, 0) is 19.6 Å². The van der Waals surface area contributed by atoms with Crippen LogP contribution in [0.25, 0.3) is 0 Å². The first-order valence-corrected chi connectivity index (χ1v) is 13.3. The van der Waals surface area contributed by atoms with Crippen LogP contribution < -0.4 is 9.47 Å². The van der Waals surface area contributed by atoms with E-state index in [1.165, 1.54) is 25.7 Å². The standard InChI is InChI=1S/C29H40O8/c1-4-7-9-11-21-32-25-17-13-23(14-18-25)28(30)36-34-27(6-3)35-37-29(31)24-15-19-26(20-16-24)33-22-12-10-8-5-2/h13-20,27H,4-12,21-22H2,1-3H3. The molecule has 0 aliphatic rings. The molecule has 37 heavy (non-hydrogen) atoms. The van der Waals surface area contributed by atoms with E-state index in [0.29, 0.717) is 24.7 Å². The Labute approximate surface area is 220 Å². The molecule has 0 spiro atoms. The van der Waals surface area contributed by atoms with Crippen molar-refractivity contribution in [3.63, 3.8) is 0 Å². The van der Waals surface area contributed by atoms with Crippen molar-refractivity contribution < 1.29 is 38.6 Å². The third kappa shape index (κ3) is 12.1. The van der Waals surface area contributed by atoms with E-state index in [4.69, 9.17) is 29.0 Å². The summed E-state index contributed by atoms with van der Waals surface area (Å²) in [6.07, 6.45) is 8.18. The first kappa shape index (κ1) is 30.1. The fourth-order valence-corrected chi connectivity index (χ4v) is 3.26. The number of unbranched alkanes of at least 4 members (excludes halogenated alkanes) is 6. The fourth-order valence-electron chi connectivity index (χ4n) is 3.26. The first-order valence-electron chi connectivity index (χ1n) is 13.3. The van der Waals surface area contributed by atoms with Gasteiger partial charge in [0.05, 0.1) is 24.3 Å². The lowest BCUT2D eigenvalue weighted by atomic mass is 10.2. The summed E-state index contributed by atoms with van der Waals surface area (Å²) in [5.74, 6) is -0.0363. The molecule has 0 amide bonds. The predicted molar refractivity (Wildman–Crippen MR) is 139 cm³/mol. The molecule has 0 bridgehead atoms. The Hall–Kier alpha value is -3.10. The van der Waals surface area contributed by atoms with Crippen LogP contribution in [0.4, 0.5) is 0 Å². The molecule has 204 valence electrons. The molecule has 0 N–H and O–H groups in total. The van der Waals surface area contributed by atoms with Crippen molar-refractivity contribution >= 4 is 11.9 Å². The van der Waals surface area contributed by atoms with E-state index in [-0.39, 0.29) is 17.5 Å². The highest BCUT2D eigenvalue weighted by Crippen LogP contribution is 2.16. The maximum absolute atomic E-state index is 12.3. The van der Waals surface area contributed by atoms with Gasteiger partial charge in [-0.2, -0.15) is 0 Å². The number of rotatable bonds is 19. The lowest BCUT2D eigenvalue weighted by Gasteiger charge is -2.13. The molecule has 0 unspecified atom stereocenters. The van der Waals surface area contributed by atoms with Gasteiger partial charge in [0.2, 0.25) is 6.29 Å². The van der Waals surface area contributed by atoms with Crippen LogP contribution in [0.2, 0.25) is 0 Å². The molecule has 8 heteroatoms. The van der Waals surface area contributed by atoms with E-state index in [2.05, 4.69) is 13.8 Å². The number of hydrogen-bond acceptors (Lipinski definition) is 8. The smallest absolute Gasteiger partial charge is 0.373 e. The van der Waals surface area contributed by atoms with Gasteiger partial charge in [0.25, 0.3) is 0 Å². The Morgan fingerprint density at radius 2 is 1.00 bits per heavy atom. The Morgan fingerprint density at radius 1 is 0.595 bits per heavy atom. The van der Waals surface area contributed by atoms with Crippen LogP contribution in [0.1, 0.15) is 99.3 Å². The van der Waals surface area contributed by atoms with Crippen LogP contribution in [0, 0.1) is 0 Å². The van der Waals surface area contributed by atoms with Gasteiger partial charge in [-0.05, 0) is 61.4 Å². The lowest BCUT2D eigenvalue weighted by Crippen LogP contribution is -2.21. The van der Waals surface area contributed by atoms with Crippen molar-refractivity contribution in [3.8, 4) is 11.5 Å². The largest absolute Gasteiger partial charge is 0.494 e. The maximum atomic E-state index is 12.3. The molecule has 0 saturated heterocycles. The summed E-state index contributed by atoms with van der Waals surface area (Å²) < 4.78 is 11.3. The molecule has 2 aromatic rings. The quantitative estimate of drug-likeness (QED) is 0.0837. The Bertz CT molecular complexity index is 822. The normalized spacial score (nSPS) is 10.8. The van der Waals surface area contributed by atoms with Crippen LogP contribution >= 0.6 is 0 Å². The van der Waals surface area contributed by atoms with Gasteiger partial charge in [0, 0.05) is 6.42 Å². The van der Waals surface area contributed by atoms with E-state index in [0.717, 1.165) is 25.7 Å². The second-order valence-electron chi connectivity index (χ2n) is 8.64. The van der Waals surface area contributed by atoms with E-state index in [1.807, 2.05) is 0 Å². The molecule has 2 rings (SSSR count). The fraction of sp³-hybridized carbons (Fsp3) is 0.517. The number of benzene rings is 2. The molecule has 0 aromatic heterocycles. The topological polar surface area (TPSA) is 89.5 Å². The van der Waals surface area contributed by atoms with Crippen molar-refractivity contribution in [1.82, 2.24) is 0 Å². The minimum absolute atomic E-state index is 0.274. The summed E-state index contributed by atoms with van der Waals surface area (Å²) in [4.78, 5) is 44.3. The van der Waals surface area contributed by atoms with Gasteiger partial charge >= 0.3 is 11.9 Å². The van der Waals surface area contributed by atoms with E-state index in [9.17, 15) is 9.59 Å². The average Bonchev–Trinajstić information content (AvgIpc) is 2.93. The SMILES string of the molecule is CCCCCCOc1ccc(C(=O)OOC(CC)OOC(=O)c2ccc(OCCCCCC)cc2)cc1. The Balaban J connectivity index is 1.70. The zero-order valence-electron chi connectivity index (χ0n) is 22.2. The van der Waals surface area contributed by atoms with Crippen molar-refractivity contribution in [3.05, 3.63) is 59.7 Å². The number of hydrogen-bond donors (Lipinski definition) is 0. The van der Waals surface area contributed by atoms with E-state index < -0.39 is 18.2 Å². The average molecular weight is 517 g/mol. The van der Waals surface area contributed by atoms with Crippen LogP contribution in [0.15, 0.2) is 48.5 Å². The molecule has 0 radical (unpaired) electrons. The van der Waals surface area contributed by atoms with Gasteiger partial charge in [0.15, 0.2) is 0 Å². The molecule has 0 heterocycles. The third-order valence-corrected chi connectivity index (χ3v) is 5.51. The minimum Gasteiger partial charge on any atom is -0.494 e. The van der Waals surface area contributed by atoms with Gasteiger partial charge in [-0.25, -0.2) is 9.59 Å². The second kappa shape index (κ2) is 18.2. The highest BCUT2D eigenvalue weighted by molar-refractivity contribution is 5.89. The Kier molecular flexibility index (Phi) is 14.8. The molecule has 0 aliphatic heterocycles. The van der Waals surface area contributed by atoms with E-state index in [1.54, 1.807) is 55.5 Å². The summed E-state index contributed by atoms with van der Waals surface area (Å²) in [6.45, 7) is 7.33. The maximum Gasteiger partial charge on any atom is 0.373 e. The molecular formula is C29H40O8. The molecule has 0 fully saturated rings. The zero-order chi connectivity index (χ0) is 26.7. The third-order valence-electron chi connectivity index (χ3n) is 5.51. The van der Waals surface area contributed by atoms with Crippen molar-refractivity contribution in [2.75, 3.05) is 13.2 Å². The van der Waals surface area contributed by atoms with Crippen LogP contribution in [0.3, 0.4) is 0 Å². The summed E-state index contributed by atoms with van der Waals surface area (Å²) >= 11 is 0. The van der Waals surface area contributed by atoms with Gasteiger partial charge < -0.3 is 9.47 Å². The molecular weight excluding hydrogens is 476 g/mol. The highest BCUT2D eigenvalue weighted by atomic mass is 17.3. The molecule has 2 aromatic carbocycles. The number of carbonyl (C=O) groups excluding carboxylic acids is 2. The van der Waals surface area contributed by atoms with Gasteiger partial charge in [-0.1, -0.05) is 59.3 Å². The first-order chi connectivity index (χ1) is 18.1. The summed E-state index contributed by atoms with van der Waals surface area (Å²) in [5, 5.41) is 0. The number of ether oxygens (including phenoxy) is 2. The highest BCUT2D eigenvalue weighted by Gasteiger charge is 2.18. The summed E-state index contributed by atoms with van der Waals surface area (Å²) in [5.41, 5.74) is 0.579. The summed E-state index contributed by atoms with van der Waals surface area (Å²) in [7, 11) is 0. The van der Waals surface area contributed by atoms with Gasteiger partial charge in [-0.15, -0.1) is 9.78 Å². The van der Waals surface area contributed by atoms with Crippen molar-refractivity contribution in [1.29, 1.82) is 0 Å². The van der Waals surface area contributed by atoms with Crippen LogP contribution in [-0.4, -0.2) is 31.4 Å². The number of carbonyl (C=O) groups is 2. The molecule has 0 aliphatic carbocycles. The van der Waals surface area contributed by atoms with Crippen LogP contribution in [0.5, 0.6) is 11.5 Å². The Morgan fingerprint density at radius 3 is 1.35 bits per heavy atom. The van der Waals surface area contributed by atoms with E-state index >= 15 is 0 Å². The lowest BCUT2D eigenvalue weighted by molar-refractivity contribution is -0.420. The molecule has 0 saturated carbocycles. The van der Waals surface area contributed by atoms with Gasteiger partial charge in [0.1, 0.15) is 11.5 Å². The second-order valence-corrected chi connectivity index (χ2v) is 8.64. The summed E-state index contributed by atoms with van der Waals surface area (Å²) in [6, 6.07) is 13.2.